The third kappa shape index (κ3) is 3.33. The number of benzene rings is 1. The fourth-order valence-electron chi connectivity index (χ4n) is 1.86. The van der Waals surface area contributed by atoms with Gasteiger partial charge in [0.05, 0.1) is 6.10 Å². The largest absolute Gasteiger partial charge is 0.377 e. The molecule has 15 heavy (non-hydrogen) atoms. The summed E-state index contributed by atoms with van der Waals surface area (Å²) in [7, 11) is 3.74. The second-order valence-corrected chi connectivity index (χ2v) is 3.98. The fraction of sp³-hybridized carbons (Fsp3) is 0.538. The van der Waals surface area contributed by atoms with E-state index >= 15 is 0 Å². The quantitative estimate of drug-likeness (QED) is 0.801. The predicted octanol–water partition coefficient (Wildman–Crippen LogP) is 2.60. The van der Waals surface area contributed by atoms with E-state index in [2.05, 4.69) is 37.4 Å². The van der Waals surface area contributed by atoms with Gasteiger partial charge >= 0.3 is 0 Å². The van der Waals surface area contributed by atoms with Crippen LogP contribution in [0.3, 0.4) is 0 Å². The van der Waals surface area contributed by atoms with Crippen LogP contribution in [0.2, 0.25) is 0 Å². The Kier molecular flexibility index (Phi) is 4.79. The summed E-state index contributed by atoms with van der Waals surface area (Å²) < 4.78 is 5.52. The zero-order chi connectivity index (χ0) is 11.3. The summed E-state index contributed by atoms with van der Waals surface area (Å²) in [5.41, 5.74) is 3.93. The molecule has 0 spiro atoms. The third-order valence-electron chi connectivity index (χ3n) is 2.71. The fourth-order valence-corrected chi connectivity index (χ4v) is 1.86. The smallest absolute Gasteiger partial charge is 0.0835 e. The first kappa shape index (κ1) is 12.2. The van der Waals surface area contributed by atoms with Crippen LogP contribution in [0.1, 0.15) is 29.2 Å². The molecule has 1 rings (SSSR count). The molecule has 2 heteroatoms. The van der Waals surface area contributed by atoms with Crippen LogP contribution in [0.25, 0.3) is 0 Å². The number of hydrogen-bond acceptors (Lipinski definition) is 2. The molecule has 0 amide bonds. The molecule has 0 radical (unpaired) electrons. The molecular formula is C13H21NO. The van der Waals surface area contributed by atoms with Crippen LogP contribution < -0.4 is 5.32 Å². The molecule has 0 aliphatic rings. The minimum Gasteiger partial charge on any atom is -0.377 e. The van der Waals surface area contributed by atoms with Crippen LogP contribution in [0, 0.1) is 13.8 Å². The lowest BCUT2D eigenvalue weighted by molar-refractivity contribution is 0.0956. The first-order valence-electron chi connectivity index (χ1n) is 5.43. The number of hydrogen-bond donors (Lipinski definition) is 1. The third-order valence-corrected chi connectivity index (χ3v) is 2.71. The lowest BCUT2D eigenvalue weighted by atomic mass is 9.99. The summed E-state index contributed by atoms with van der Waals surface area (Å²) in [6, 6.07) is 6.53. The number of aryl methyl sites for hydroxylation is 2. The maximum atomic E-state index is 5.52. The van der Waals surface area contributed by atoms with Crippen molar-refractivity contribution in [2.24, 2.45) is 0 Å². The molecule has 1 atom stereocenters. The topological polar surface area (TPSA) is 21.3 Å². The van der Waals surface area contributed by atoms with Crippen molar-refractivity contribution in [3.05, 3.63) is 34.9 Å². The number of ether oxygens (including phenoxy) is 1. The molecule has 1 unspecified atom stereocenters. The van der Waals surface area contributed by atoms with E-state index in [1.807, 2.05) is 7.05 Å². The summed E-state index contributed by atoms with van der Waals surface area (Å²) in [4.78, 5) is 0. The molecule has 1 aromatic carbocycles. The van der Waals surface area contributed by atoms with Gasteiger partial charge in [0, 0.05) is 7.11 Å². The minimum atomic E-state index is 0.207. The Bertz CT molecular complexity index is 309. The van der Waals surface area contributed by atoms with Gasteiger partial charge in [-0.3, -0.25) is 0 Å². The normalized spacial score (nSPS) is 12.8. The van der Waals surface area contributed by atoms with E-state index in [1.165, 1.54) is 16.7 Å². The standard InChI is InChI=1S/C13H21NO/c1-10-5-6-12(11(2)9-10)13(15-4)7-8-14-3/h5-6,9,13-14H,7-8H2,1-4H3. The second kappa shape index (κ2) is 5.89. The summed E-state index contributed by atoms with van der Waals surface area (Å²) in [6.45, 7) is 5.24. The van der Waals surface area contributed by atoms with Crippen molar-refractivity contribution in [2.75, 3.05) is 20.7 Å². The molecule has 0 bridgehead atoms. The van der Waals surface area contributed by atoms with E-state index in [-0.39, 0.29) is 6.10 Å². The molecular weight excluding hydrogens is 186 g/mol. The predicted molar refractivity (Wildman–Crippen MR) is 64.2 cm³/mol. The van der Waals surface area contributed by atoms with E-state index in [4.69, 9.17) is 4.74 Å². The van der Waals surface area contributed by atoms with Gasteiger partial charge in [0.25, 0.3) is 0 Å². The molecule has 0 aliphatic carbocycles. The molecule has 0 aliphatic heterocycles. The van der Waals surface area contributed by atoms with Crippen LogP contribution in [0.4, 0.5) is 0 Å². The molecule has 1 aromatic rings. The molecule has 0 heterocycles. The van der Waals surface area contributed by atoms with Crippen LogP contribution in [-0.2, 0) is 4.74 Å². The van der Waals surface area contributed by atoms with Crippen molar-refractivity contribution in [1.29, 1.82) is 0 Å². The van der Waals surface area contributed by atoms with E-state index in [0.29, 0.717) is 0 Å². The van der Waals surface area contributed by atoms with Gasteiger partial charge in [-0.1, -0.05) is 23.8 Å². The van der Waals surface area contributed by atoms with Crippen LogP contribution in [0.5, 0.6) is 0 Å². The number of nitrogens with one attached hydrogen (secondary N) is 1. The average Bonchev–Trinajstić information content (AvgIpc) is 2.21. The first-order valence-corrected chi connectivity index (χ1v) is 5.43. The van der Waals surface area contributed by atoms with Crippen LogP contribution in [-0.4, -0.2) is 20.7 Å². The van der Waals surface area contributed by atoms with Gasteiger partial charge in [0.15, 0.2) is 0 Å². The van der Waals surface area contributed by atoms with E-state index in [1.54, 1.807) is 7.11 Å². The van der Waals surface area contributed by atoms with Gasteiger partial charge in [-0.15, -0.1) is 0 Å². The molecule has 0 aromatic heterocycles. The first-order chi connectivity index (χ1) is 7.19. The lowest BCUT2D eigenvalue weighted by Gasteiger charge is -2.18. The summed E-state index contributed by atoms with van der Waals surface area (Å²) in [5, 5.41) is 3.15. The Morgan fingerprint density at radius 1 is 1.33 bits per heavy atom. The Labute approximate surface area is 92.6 Å². The van der Waals surface area contributed by atoms with E-state index < -0.39 is 0 Å². The lowest BCUT2D eigenvalue weighted by Crippen LogP contribution is -2.14. The highest BCUT2D eigenvalue weighted by atomic mass is 16.5. The molecule has 2 nitrogen and oxygen atoms in total. The zero-order valence-corrected chi connectivity index (χ0v) is 10.1. The number of rotatable bonds is 5. The molecule has 0 saturated carbocycles. The minimum absolute atomic E-state index is 0.207. The Morgan fingerprint density at radius 3 is 2.60 bits per heavy atom. The zero-order valence-electron chi connectivity index (χ0n) is 10.1. The molecule has 1 N–H and O–H groups in total. The average molecular weight is 207 g/mol. The molecule has 0 saturated heterocycles. The van der Waals surface area contributed by atoms with Crippen molar-refractivity contribution in [3.63, 3.8) is 0 Å². The molecule has 0 fully saturated rings. The van der Waals surface area contributed by atoms with Crippen molar-refractivity contribution >= 4 is 0 Å². The van der Waals surface area contributed by atoms with E-state index in [9.17, 15) is 0 Å². The van der Waals surface area contributed by atoms with Gasteiger partial charge in [0.2, 0.25) is 0 Å². The highest BCUT2D eigenvalue weighted by Crippen LogP contribution is 2.24. The SMILES string of the molecule is CNCCC(OC)c1ccc(C)cc1C. The highest BCUT2D eigenvalue weighted by Gasteiger charge is 2.11. The van der Waals surface area contributed by atoms with Gasteiger partial charge in [-0.25, -0.2) is 0 Å². The number of methoxy groups -OCH3 is 1. The Morgan fingerprint density at radius 2 is 2.07 bits per heavy atom. The van der Waals surface area contributed by atoms with Crippen molar-refractivity contribution in [3.8, 4) is 0 Å². The summed E-state index contributed by atoms with van der Waals surface area (Å²) in [5.74, 6) is 0. The highest BCUT2D eigenvalue weighted by molar-refractivity contribution is 5.32. The van der Waals surface area contributed by atoms with Gasteiger partial charge in [-0.05, 0) is 45.0 Å². The van der Waals surface area contributed by atoms with Crippen molar-refractivity contribution in [2.45, 2.75) is 26.4 Å². The monoisotopic (exact) mass is 207 g/mol. The summed E-state index contributed by atoms with van der Waals surface area (Å²) in [6.07, 6.45) is 1.22. The second-order valence-electron chi connectivity index (χ2n) is 3.98. The van der Waals surface area contributed by atoms with Crippen LogP contribution >= 0.6 is 0 Å². The van der Waals surface area contributed by atoms with Crippen molar-refractivity contribution < 1.29 is 4.74 Å². The molecule has 84 valence electrons. The maximum Gasteiger partial charge on any atom is 0.0835 e. The van der Waals surface area contributed by atoms with Crippen molar-refractivity contribution in [1.82, 2.24) is 5.32 Å². The van der Waals surface area contributed by atoms with E-state index in [0.717, 1.165) is 13.0 Å². The van der Waals surface area contributed by atoms with Crippen LogP contribution in [0.15, 0.2) is 18.2 Å². The van der Waals surface area contributed by atoms with Gasteiger partial charge < -0.3 is 10.1 Å². The Balaban J connectivity index is 2.81. The Hall–Kier alpha value is -0.860. The van der Waals surface area contributed by atoms with Gasteiger partial charge in [0.1, 0.15) is 0 Å². The maximum absolute atomic E-state index is 5.52. The van der Waals surface area contributed by atoms with Gasteiger partial charge in [-0.2, -0.15) is 0 Å². The summed E-state index contributed by atoms with van der Waals surface area (Å²) >= 11 is 0.